The second kappa shape index (κ2) is 7.37. The molecule has 0 aliphatic carbocycles. The molecule has 0 aromatic heterocycles. The maximum Gasteiger partial charge on any atom is 0.162 e. The van der Waals surface area contributed by atoms with Gasteiger partial charge in [0.15, 0.2) is 11.5 Å². The number of ether oxygens (including phenoxy) is 2. The molecule has 1 N–H and O–H groups in total. The van der Waals surface area contributed by atoms with E-state index >= 15 is 0 Å². The number of hydrogen-bond acceptors (Lipinski definition) is 3. The highest BCUT2D eigenvalue weighted by molar-refractivity contribution is 6.33. The van der Waals surface area contributed by atoms with Crippen LogP contribution in [-0.2, 0) is 0 Å². The fourth-order valence-electron chi connectivity index (χ4n) is 1.87. The van der Waals surface area contributed by atoms with Crippen molar-refractivity contribution in [3.8, 4) is 11.5 Å². The minimum atomic E-state index is 0.624. The first kappa shape index (κ1) is 15.0. The molecule has 0 radical (unpaired) electrons. The van der Waals surface area contributed by atoms with Crippen molar-refractivity contribution in [2.45, 2.75) is 26.7 Å². The average molecular weight is 272 g/mol. The zero-order chi connectivity index (χ0) is 13.5. The molecule has 0 spiro atoms. The molecule has 1 rings (SSSR count). The van der Waals surface area contributed by atoms with Gasteiger partial charge < -0.3 is 14.8 Å². The van der Waals surface area contributed by atoms with Crippen LogP contribution in [0.1, 0.15) is 26.7 Å². The first-order chi connectivity index (χ1) is 8.62. The largest absolute Gasteiger partial charge is 0.493 e. The summed E-state index contributed by atoms with van der Waals surface area (Å²) in [4.78, 5) is 0. The van der Waals surface area contributed by atoms with Gasteiger partial charge in [0.2, 0.25) is 0 Å². The minimum absolute atomic E-state index is 0.624. The lowest BCUT2D eigenvalue weighted by atomic mass is 10.1. The Hall–Kier alpha value is -1.09. The van der Waals surface area contributed by atoms with Crippen LogP contribution in [0, 0.1) is 5.92 Å². The highest BCUT2D eigenvalue weighted by Gasteiger charge is 2.10. The number of anilines is 1. The lowest BCUT2D eigenvalue weighted by Gasteiger charge is -2.16. The predicted octanol–water partition coefficient (Wildman–Crippen LogP) is 4.21. The van der Waals surface area contributed by atoms with Gasteiger partial charge in [-0.2, -0.15) is 0 Å². The molecule has 0 heterocycles. The third-order valence-electron chi connectivity index (χ3n) is 2.90. The number of hydrogen-bond donors (Lipinski definition) is 1. The topological polar surface area (TPSA) is 30.5 Å². The Bertz CT molecular complexity index is 382. The number of rotatable bonds is 7. The van der Waals surface area contributed by atoms with Crippen LogP contribution in [-0.4, -0.2) is 20.8 Å². The summed E-state index contributed by atoms with van der Waals surface area (Å²) in [6.45, 7) is 5.33. The van der Waals surface area contributed by atoms with Crippen molar-refractivity contribution in [2.24, 2.45) is 5.92 Å². The quantitative estimate of drug-likeness (QED) is 0.806. The van der Waals surface area contributed by atoms with Crippen LogP contribution in [0.4, 0.5) is 5.69 Å². The lowest BCUT2D eigenvalue weighted by Crippen LogP contribution is -2.11. The zero-order valence-electron chi connectivity index (χ0n) is 11.5. The molecule has 0 amide bonds. The average Bonchev–Trinajstić information content (AvgIpc) is 2.37. The second-order valence-corrected chi connectivity index (χ2v) is 4.87. The molecule has 1 aromatic rings. The van der Waals surface area contributed by atoms with Gasteiger partial charge in [-0.1, -0.05) is 31.9 Å². The fourth-order valence-corrected chi connectivity index (χ4v) is 2.09. The number of benzene rings is 1. The van der Waals surface area contributed by atoms with Crippen LogP contribution < -0.4 is 14.8 Å². The Labute approximate surface area is 114 Å². The molecule has 0 bridgehead atoms. The molecule has 3 nitrogen and oxygen atoms in total. The molecule has 18 heavy (non-hydrogen) atoms. The van der Waals surface area contributed by atoms with Crippen molar-refractivity contribution in [1.29, 1.82) is 0 Å². The molecule has 1 atom stereocenters. The summed E-state index contributed by atoms with van der Waals surface area (Å²) in [7, 11) is 3.22. The van der Waals surface area contributed by atoms with Gasteiger partial charge in [-0.05, 0) is 12.3 Å². The standard InChI is InChI=1S/C14H22ClNO2/c1-5-6-10(2)9-16-12-8-14(18-4)13(17-3)7-11(12)15/h7-8,10,16H,5-6,9H2,1-4H3. The van der Waals surface area contributed by atoms with Crippen molar-refractivity contribution in [3.05, 3.63) is 17.2 Å². The van der Waals surface area contributed by atoms with Gasteiger partial charge >= 0.3 is 0 Å². The lowest BCUT2D eigenvalue weighted by molar-refractivity contribution is 0.355. The van der Waals surface area contributed by atoms with E-state index in [1.54, 1.807) is 20.3 Å². The smallest absolute Gasteiger partial charge is 0.162 e. The summed E-state index contributed by atoms with van der Waals surface area (Å²) in [6, 6.07) is 3.65. The molecule has 1 unspecified atom stereocenters. The predicted molar refractivity (Wildman–Crippen MR) is 77.1 cm³/mol. The fraction of sp³-hybridized carbons (Fsp3) is 0.571. The zero-order valence-corrected chi connectivity index (χ0v) is 12.3. The van der Waals surface area contributed by atoms with Crippen molar-refractivity contribution in [3.63, 3.8) is 0 Å². The highest BCUT2D eigenvalue weighted by atomic mass is 35.5. The van der Waals surface area contributed by atoms with Crippen LogP contribution in [0.2, 0.25) is 5.02 Å². The molecule has 1 aromatic carbocycles. The van der Waals surface area contributed by atoms with Crippen molar-refractivity contribution < 1.29 is 9.47 Å². The van der Waals surface area contributed by atoms with Crippen LogP contribution in [0.15, 0.2) is 12.1 Å². The third-order valence-corrected chi connectivity index (χ3v) is 3.21. The van der Waals surface area contributed by atoms with Gasteiger partial charge in [-0.15, -0.1) is 0 Å². The first-order valence-electron chi connectivity index (χ1n) is 6.27. The van der Waals surface area contributed by atoms with Crippen molar-refractivity contribution in [1.82, 2.24) is 0 Å². The van der Waals surface area contributed by atoms with E-state index in [1.165, 1.54) is 12.8 Å². The summed E-state index contributed by atoms with van der Waals surface area (Å²) in [5.41, 5.74) is 0.886. The third kappa shape index (κ3) is 3.98. The Balaban J connectivity index is 2.76. The van der Waals surface area contributed by atoms with Crippen LogP contribution in [0.25, 0.3) is 0 Å². The van der Waals surface area contributed by atoms with E-state index in [9.17, 15) is 0 Å². The monoisotopic (exact) mass is 271 g/mol. The van der Waals surface area contributed by atoms with Crippen LogP contribution in [0.3, 0.4) is 0 Å². The molecule has 0 aliphatic heterocycles. The van der Waals surface area contributed by atoms with E-state index in [4.69, 9.17) is 21.1 Å². The van der Waals surface area contributed by atoms with E-state index in [1.807, 2.05) is 6.07 Å². The van der Waals surface area contributed by atoms with Gasteiger partial charge in [0, 0.05) is 18.7 Å². The van der Waals surface area contributed by atoms with Crippen LogP contribution in [0.5, 0.6) is 11.5 Å². The number of halogens is 1. The van der Waals surface area contributed by atoms with Crippen LogP contribution >= 0.6 is 11.6 Å². The van der Waals surface area contributed by atoms with Crippen molar-refractivity contribution in [2.75, 3.05) is 26.1 Å². The van der Waals surface area contributed by atoms with E-state index in [2.05, 4.69) is 19.2 Å². The summed E-state index contributed by atoms with van der Waals surface area (Å²) in [5.74, 6) is 1.96. The first-order valence-corrected chi connectivity index (χ1v) is 6.65. The SMILES string of the molecule is CCCC(C)CNc1cc(OC)c(OC)cc1Cl. The maximum atomic E-state index is 6.20. The van der Waals surface area contributed by atoms with E-state index in [0.717, 1.165) is 12.2 Å². The van der Waals surface area contributed by atoms with Crippen molar-refractivity contribution >= 4 is 17.3 Å². The molecule has 102 valence electrons. The van der Waals surface area contributed by atoms with E-state index < -0.39 is 0 Å². The maximum absolute atomic E-state index is 6.20. The number of methoxy groups -OCH3 is 2. The summed E-state index contributed by atoms with van der Waals surface area (Å²) >= 11 is 6.20. The molecule has 4 heteroatoms. The number of nitrogens with one attached hydrogen (secondary N) is 1. The Morgan fingerprint density at radius 1 is 1.22 bits per heavy atom. The molecule has 0 fully saturated rings. The summed E-state index contributed by atoms with van der Waals surface area (Å²) in [5, 5.41) is 4.01. The highest BCUT2D eigenvalue weighted by Crippen LogP contribution is 2.36. The van der Waals surface area contributed by atoms with E-state index in [-0.39, 0.29) is 0 Å². The van der Waals surface area contributed by atoms with Gasteiger partial charge in [-0.25, -0.2) is 0 Å². The molecular weight excluding hydrogens is 250 g/mol. The molecular formula is C14H22ClNO2. The molecule has 0 saturated carbocycles. The molecule has 0 saturated heterocycles. The normalized spacial score (nSPS) is 12.1. The minimum Gasteiger partial charge on any atom is -0.493 e. The van der Waals surface area contributed by atoms with Gasteiger partial charge in [0.05, 0.1) is 24.9 Å². The van der Waals surface area contributed by atoms with Gasteiger partial charge in [0.25, 0.3) is 0 Å². The summed E-state index contributed by atoms with van der Waals surface area (Å²) in [6.07, 6.45) is 2.40. The Morgan fingerprint density at radius 3 is 2.39 bits per heavy atom. The molecule has 0 aliphatic rings. The summed E-state index contributed by atoms with van der Waals surface area (Å²) < 4.78 is 10.5. The van der Waals surface area contributed by atoms with Gasteiger partial charge in [0.1, 0.15) is 0 Å². The van der Waals surface area contributed by atoms with E-state index in [0.29, 0.717) is 22.4 Å². The van der Waals surface area contributed by atoms with Gasteiger partial charge in [-0.3, -0.25) is 0 Å². The Kier molecular flexibility index (Phi) is 6.13. The second-order valence-electron chi connectivity index (χ2n) is 4.46. The Morgan fingerprint density at radius 2 is 1.83 bits per heavy atom.